The van der Waals surface area contributed by atoms with Crippen LogP contribution in [-0.2, 0) is 9.59 Å². The molecule has 11 heteroatoms. The zero-order valence-electron chi connectivity index (χ0n) is 16.7. The van der Waals surface area contributed by atoms with Gasteiger partial charge in [-0.25, -0.2) is 10.2 Å². The molecule has 0 unspecified atom stereocenters. The van der Waals surface area contributed by atoms with Gasteiger partial charge in [0, 0.05) is 21.8 Å². The molecule has 0 aliphatic rings. The zero-order valence-corrected chi connectivity index (χ0v) is 18.3. The smallest absolute Gasteiger partial charge is 0.350 e. The topological polar surface area (TPSA) is 140 Å². The lowest BCUT2D eigenvalue weighted by atomic mass is 10.2. The highest BCUT2D eigenvalue weighted by Crippen LogP contribution is 2.22. The quantitative estimate of drug-likeness (QED) is 0.129. The van der Waals surface area contributed by atoms with Gasteiger partial charge in [-0.3, -0.25) is 19.7 Å². The molecule has 0 heterocycles. The predicted octanol–water partition coefficient (Wildman–Crippen LogP) is 3.67. The summed E-state index contributed by atoms with van der Waals surface area (Å²) in [7, 11) is 0. The van der Waals surface area contributed by atoms with Crippen LogP contribution in [-0.4, -0.2) is 28.9 Å². The Balaban J connectivity index is 1.66. The fraction of sp³-hybridized carbons (Fsp3) is 0. The van der Waals surface area contributed by atoms with Gasteiger partial charge in [-0.2, -0.15) is 5.10 Å². The minimum absolute atomic E-state index is 0.0537. The van der Waals surface area contributed by atoms with E-state index in [2.05, 4.69) is 31.8 Å². The number of nitrogens with one attached hydrogen (secondary N) is 2. The number of benzene rings is 3. The molecule has 0 aliphatic heterocycles. The number of esters is 1. The molecule has 2 N–H and O–H groups in total. The molecule has 0 radical (unpaired) electrons. The van der Waals surface area contributed by atoms with Gasteiger partial charge in [0.25, 0.3) is 5.69 Å². The number of halogens is 1. The summed E-state index contributed by atoms with van der Waals surface area (Å²) in [4.78, 5) is 46.8. The number of ether oxygens (including phenoxy) is 1. The molecule has 33 heavy (non-hydrogen) atoms. The number of carbonyl (C=O) groups excluding carboxylic acids is 3. The third-order valence-electron chi connectivity index (χ3n) is 4.12. The summed E-state index contributed by atoms with van der Waals surface area (Å²) in [6.45, 7) is 0. The second-order valence-electron chi connectivity index (χ2n) is 6.36. The number of anilines is 1. The third kappa shape index (κ3) is 6.31. The van der Waals surface area contributed by atoms with E-state index < -0.39 is 28.4 Å². The van der Waals surface area contributed by atoms with Crippen molar-refractivity contribution in [1.82, 2.24) is 5.43 Å². The van der Waals surface area contributed by atoms with Crippen molar-refractivity contribution < 1.29 is 24.0 Å². The summed E-state index contributed by atoms with van der Waals surface area (Å²) in [6, 6.07) is 18.2. The van der Waals surface area contributed by atoms with Crippen molar-refractivity contribution in [3.63, 3.8) is 0 Å². The number of carbonyl (C=O) groups is 3. The number of hydrogen-bond donors (Lipinski definition) is 2. The first kappa shape index (κ1) is 23.3. The maximum Gasteiger partial charge on any atom is 0.350 e. The molecule has 0 aliphatic carbocycles. The standard InChI is InChI=1S/C22H15BrN4O6/c23-15-9-11-16(12-10-15)25-20(28)21(29)26-24-13-14-5-1-4-8-19(14)33-22(30)17-6-2-3-7-18(17)27(31)32/h1-13H,(H,25,28)(H,26,29)/b24-13+. The molecule has 0 aromatic heterocycles. The van der Waals surface area contributed by atoms with Crippen molar-refractivity contribution in [3.05, 3.63) is 98.5 Å². The minimum Gasteiger partial charge on any atom is -0.422 e. The van der Waals surface area contributed by atoms with Crippen LogP contribution in [0.5, 0.6) is 5.75 Å². The van der Waals surface area contributed by atoms with Crippen molar-refractivity contribution in [1.29, 1.82) is 0 Å². The normalized spacial score (nSPS) is 10.5. The number of nitro groups is 1. The van der Waals surface area contributed by atoms with E-state index in [9.17, 15) is 24.5 Å². The Hall–Kier alpha value is -4.38. The van der Waals surface area contributed by atoms with Gasteiger partial charge in [0.05, 0.1) is 11.1 Å². The monoisotopic (exact) mass is 510 g/mol. The van der Waals surface area contributed by atoms with Gasteiger partial charge in [-0.15, -0.1) is 0 Å². The highest BCUT2D eigenvalue weighted by molar-refractivity contribution is 9.10. The summed E-state index contributed by atoms with van der Waals surface area (Å²) >= 11 is 3.27. The molecule has 166 valence electrons. The van der Waals surface area contributed by atoms with Crippen LogP contribution in [0.25, 0.3) is 0 Å². The van der Waals surface area contributed by atoms with Crippen LogP contribution < -0.4 is 15.5 Å². The van der Waals surface area contributed by atoms with E-state index in [1.807, 2.05) is 0 Å². The van der Waals surface area contributed by atoms with E-state index in [1.54, 1.807) is 42.5 Å². The largest absolute Gasteiger partial charge is 0.422 e. The van der Waals surface area contributed by atoms with E-state index >= 15 is 0 Å². The predicted molar refractivity (Wildman–Crippen MR) is 123 cm³/mol. The Morgan fingerprint density at radius 1 is 0.939 bits per heavy atom. The summed E-state index contributed by atoms with van der Waals surface area (Å²) < 4.78 is 6.10. The van der Waals surface area contributed by atoms with Gasteiger partial charge in [-0.1, -0.05) is 40.2 Å². The number of para-hydroxylation sites is 2. The number of rotatable bonds is 6. The average molecular weight is 511 g/mol. The second kappa shape index (κ2) is 10.8. The van der Waals surface area contributed by atoms with E-state index in [-0.39, 0.29) is 16.9 Å². The van der Waals surface area contributed by atoms with Crippen LogP contribution in [0.3, 0.4) is 0 Å². The summed E-state index contributed by atoms with van der Waals surface area (Å²) in [5.74, 6) is -2.81. The van der Waals surface area contributed by atoms with E-state index in [0.717, 1.165) is 4.47 Å². The maximum absolute atomic E-state index is 12.5. The highest BCUT2D eigenvalue weighted by Gasteiger charge is 2.21. The Morgan fingerprint density at radius 3 is 2.33 bits per heavy atom. The van der Waals surface area contributed by atoms with Gasteiger partial charge in [-0.05, 0) is 42.5 Å². The van der Waals surface area contributed by atoms with E-state index in [4.69, 9.17) is 4.74 Å². The van der Waals surface area contributed by atoms with Crippen LogP contribution in [0.15, 0.2) is 82.4 Å². The first-order valence-corrected chi connectivity index (χ1v) is 10.1. The van der Waals surface area contributed by atoms with Gasteiger partial charge < -0.3 is 10.1 Å². The Morgan fingerprint density at radius 2 is 1.61 bits per heavy atom. The van der Waals surface area contributed by atoms with Crippen molar-refractivity contribution >= 4 is 51.3 Å². The first-order valence-electron chi connectivity index (χ1n) is 9.29. The molecule has 0 saturated heterocycles. The number of hydrazone groups is 1. The summed E-state index contributed by atoms with van der Waals surface area (Å²) in [5.41, 5.74) is 2.19. The summed E-state index contributed by atoms with van der Waals surface area (Å²) in [6.07, 6.45) is 1.17. The van der Waals surface area contributed by atoms with Crippen molar-refractivity contribution in [2.45, 2.75) is 0 Å². The van der Waals surface area contributed by atoms with Crippen LogP contribution in [0.4, 0.5) is 11.4 Å². The third-order valence-corrected chi connectivity index (χ3v) is 4.65. The molecule has 3 aromatic carbocycles. The molecule has 0 fully saturated rings. The summed E-state index contributed by atoms with van der Waals surface area (Å²) in [5, 5.41) is 17.3. The van der Waals surface area contributed by atoms with Gasteiger partial charge >= 0.3 is 17.8 Å². The highest BCUT2D eigenvalue weighted by atomic mass is 79.9. The molecule has 3 aromatic rings. The fourth-order valence-corrected chi connectivity index (χ4v) is 2.84. The van der Waals surface area contributed by atoms with Crippen molar-refractivity contribution in [2.24, 2.45) is 5.10 Å². The SMILES string of the molecule is O=C(N/N=C/c1ccccc1OC(=O)c1ccccc1[N+](=O)[O-])C(=O)Nc1ccc(Br)cc1. The van der Waals surface area contributed by atoms with Crippen LogP contribution >= 0.6 is 15.9 Å². The van der Waals surface area contributed by atoms with Gasteiger partial charge in [0.15, 0.2) is 0 Å². The van der Waals surface area contributed by atoms with Crippen molar-refractivity contribution in [3.8, 4) is 5.75 Å². The fourth-order valence-electron chi connectivity index (χ4n) is 2.57. The van der Waals surface area contributed by atoms with Crippen molar-refractivity contribution in [2.75, 3.05) is 5.32 Å². The van der Waals surface area contributed by atoms with E-state index in [1.165, 1.54) is 36.5 Å². The number of hydrogen-bond acceptors (Lipinski definition) is 7. The first-order chi connectivity index (χ1) is 15.8. The molecule has 2 amide bonds. The minimum atomic E-state index is -1.01. The lowest BCUT2D eigenvalue weighted by molar-refractivity contribution is -0.385. The second-order valence-corrected chi connectivity index (χ2v) is 7.28. The number of nitrogens with zero attached hydrogens (tertiary/aromatic N) is 2. The Bertz CT molecular complexity index is 1240. The number of amides is 2. The molecule has 3 rings (SSSR count). The molecule has 0 spiro atoms. The molecular weight excluding hydrogens is 496 g/mol. The van der Waals surface area contributed by atoms with E-state index in [0.29, 0.717) is 5.69 Å². The lowest BCUT2D eigenvalue weighted by Crippen LogP contribution is -2.32. The van der Waals surface area contributed by atoms with Crippen LogP contribution in [0, 0.1) is 10.1 Å². The number of nitro benzene ring substituents is 1. The lowest BCUT2D eigenvalue weighted by Gasteiger charge is -2.07. The molecule has 0 saturated carbocycles. The molecule has 10 nitrogen and oxygen atoms in total. The average Bonchev–Trinajstić information content (AvgIpc) is 2.81. The van der Waals surface area contributed by atoms with Crippen LogP contribution in [0.2, 0.25) is 0 Å². The van der Waals surface area contributed by atoms with Crippen LogP contribution in [0.1, 0.15) is 15.9 Å². The maximum atomic E-state index is 12.5. The Labute approximate surface area is 195 Å². The van der Waals surface area contributed by atoms with Gasteiger partial charge in [0.1, 0.15) is 11.3 Å². The molecular formula is C22H15BrN4O6. The van der Waals surface area contributed by atoms with Gasteiger partial charge in [0.2, 0.25) is 0 Å². The zero-order chi connectivity index (χ0) is 23.8. The molecule has 0 atom stereocenters. The Kier molecular flexibility index (Phi) is 7.60. The molecule has 0 bridgehead atoms.